The maximum Gasteiger partial charge on any atom is 0.185 e. The molecule has 1 heterocycles. The first-order valence-corrected chi connectivity index (χ1v) is 7.58. The third kappa shape index (κ3) is 2.99. The number of aromatic nitrogens is 1. The van der Waals surface area contributed by atoms with Crippen LogP contribution in [0.25, 0.3) is 0 Å². The lowest BCUT2D eigenvalue weighted by Gasteiger charge is -2.33. The van der Waals surface area contributed by atoms with Crippen molar-refractivity contribution in [3.63, 3.8) is 0 Å². The molecule has 0 radical (unpaired) electrons. The number of anilines is 1. The number of hydrogen-bond donors (Lipinski definition) is 1. The molecule has 0 spiro atoms. The highest BCUT2D eigenvalue weighted by molar-refractivity contribution is 7.13. The van der Waals surface area contributed by atoms with Crippen molar-refractivity contribution in [2.24, 2.45) is 5.73 Å². The number of hydrogen-bond acceptors (Lipinski definition) is 4. The van der Waals surface area contributed by atoms with Crippen molar-refractivity contribution in [2.45, 2.75) is 58.0 Å². The fraction of sp³-hybridized carbons (Fsp3) is 0.769. The second-order valence-corrected chi connectivity index (χ2v) is 5.76. The highest BCUT2D eigenvalue weighted by Crippen LogP contribution is 2.30. The summed E-state index contributed by atoms with van der Waals surface area (Å²) in [5, 5.41) is 3.26. The molecule has 1 aliphatic rings. The van der Waals surface area contributed by atoms with Crippen molar-refractivity contribution in [3.8, 4) is 0 Å². The van der Waals surface area contributed by atoms with E-state index in [0.717, 1.165) is 17.4 Å². The number of thiazole rings is 1. The molecule has 3 nitrogen and oxygen atoms in total. The van der Waals surface area contributed by atoms with E-state index in [0.29, 0.717) is 6.04 Å². The monoisotopic (exact) mass is 253 g/mol. The van der Waals surface area contributed by atoms with Gasteiger partial charge in [-0.15, -0.1) is 11.3 Å². The Morgan fingerprint density at radius 2 is 2.18 bits per heavy atom. The van der Waals surface area contributed by atoms with Gasteiger partial charge in [0.25, 0.3) is 0 Å². The van der Waals surface area contributed by atoms with Crippen LogP contribution in [0.5, 0.6) is 0 Å². The molecule has 96 valence electrons. The Bertz CT molecular complexity index is 342. The lowest BCUT2D eigenvalue weighted by molar-refractivity contribution is 0.417. The molecule has 0 amide bonds. The Kier molecular flexibility index (Phi) is 4.40. The van der Waals surface area contributed by atoms with E-state index >= 15 is 0 Å². The fourth-order valence-corrected chi connectivity index (χ4v) is 3.62. The van der Waals surface area contributed by atoms with Crippen LogP contribution in [0.1, 0.15) is 57.7 Å². The molecule has 0 aromatic carbocycles. The number of rotatable bonds is 4. The summed E-state index contributed by atoms with van der Waals surface area (Å²) in [4.78, 5) is 7.14. The van der Waals surface area contributed by atoms with E-state index < -0.39 is 0 Å². The molecule has 17 heavy (non-hydrogen) atoms. The van der Waals surface area contributed by atoms with Crippen molar-refractivity contribution in [2.75, 3.05) is 11.4 Å². The van der Waals surface area contributed by atoms with Crippen molar-refractivity contribution in [3.05, 3.63) is 11.1 Å². The van der Waals surface area contributed by atoms with Gasteiger partial charge in [0.15, 0.2) is 5.13 Å². The molecule has 0 aliphatic heterocycles. The Labute approximate surface area is 108 Å². The number of nitrogens with zero attached hydrogens (tertiary/aromatic N) is 2. The van der Waals surface area contributed by atoms with E-state index in [9.17, 15) is 0 Å². The third-order valence-electron chi connectivity index (χ3n) is 3.58. The molecule has 0 bridgehead atoms. The van der Waals surface area contributed by atoms with Gasteiger partial charge in [-0.3, -0.25) is 0 Å². The van der Waals surface area contributed by atoms with Crippen LogP contribution in [0.15, 0.2) is 5.38 Å². The van der Waals surface area contributed by atoms with Gasteiger partial charge in [0.05, 0.1) is 5.69 Å². The minimum atomic E-state index is 0.0464. The van der Waals surface area contributed by atoms with Crippen LogP contribution in [0.2, 0.25) is 0 Å². The second kappa shape index (κ2) is 5.83. The van der Waals surface area contributed by atoms with Crippen LogP contribution in [0.3, 0.4) is 0 Å². The SMILES string of the molecule is CCN(c1nc(C(C)N)cs1)C1CCCCC1. The quantitative estimate of drug-likeness (QED) is 0.895. The summed E-state index contributed by atoms with van der Waals surface area (Å²) < 4.78 is 0. The molecule has 4 heteroatoms. The predicted molar refractivity (Wildman–Crippen MR) is 74.6 cm³/mol. The van der Waals surface area contributed by atoms with Crippen LogP contribution in [-0.4, -0.2) is 17.6 Å². The lowest BCUT2D eigenvalue weighted by Crippen LogP contribution is -2.36. The largest absolute Gasteiger partial charge is 0.345 e. The van der Waals surface area contributed by atoms with E-state index in [1.54, 1.807) is 11.3 Å². The van der Waals surface area contributed by atoms with Gasteiger partial charge in [-0.2, -0.15) is 0 Å². The Morgan fingerprint density at radius 3 is 2.71 bits per heavy atom. The molecular weight excluding hydrogens is 230 g/mol. The summed E-state index contributed by atoms with van der Waals surface area (Å²) in [6.07, 6.45) is 6.78. The zero-order valence-electron chi connectivity index (χ0n) is 10.9. The molecule has 1 unspecified atom stereocenters. The van der Waals surface area contributed by atoms with Crippen LogP contribution in [0.4, 0.5) is 5.13 Å². The van der Waals surface area contributed by atoms with Crippen LogP contribution >= 0.6 is 11.3 Å². The Balaban J connectivity index is 2.10. The average molecular weight is 253 g/mol. The minimum absolute atomic E-state index is 0.0464. The normalized spacial score (nSPS) is 19.2. The summed E-state index contributed by atoms with van der Waals surface area (Å²) in [7, 11) is 0. The van der Waals surface area contributed by atoms with E-state index in [1.165, 1.54) is 32.1 Å². The van der Waals surface area contributed by atoms with Gasteiger partial charge in [-0.1, -0.05) is 19.3 Å². The summed E-state index contributed by atoms with van der Waals surface area (Å²) in [5.74, 6) is 0. The summed E-state index contributed by atoms with van der Waals surface area (Å²) >= 11 is 1.74. The average Bonchev–Trinajstić information content (AvgIpc) is 2.81. The summed E-state index contributed by atoms with van der Waals surface area (Å²) in [6.45, 7) is 5.27. The van der Waals surface area contributed by atoms with Crippen molar-refractivity contribution in [1.82, 2.24) is 4.98 Å². The molecule has 1 aromatic rings. The molecule has 1 aliphatic carbocycles. The molecule has 1 atom stereocenters. The van der Waals surface area contributed by atoms with Gasteiger partial charge in [0.2, 0.25) is 0 Å². The van der Waals surface area contributed by atoms with Crippen molar-refractivity contribution < 1.29 is 0 Å². The third-order valence-corrected chi connectivity index (χ3v) is 4.47. The Morgan fingerprint density at radius 1 is 1.47 bits per heavy atom. The van der Waals surface area contributed by atoms with Gasteiger partial charge in [-0.05, 0) is 26.7 Å². The standard InChI is InChI=1S/C13H23N3S/c1-3-16(11-7-5-4-6-8-11)13-15-12(9-17-13)10(2)14/h9-11H,3-8,14H2,1-2H3. The molecular formula is C13H23N3S. The second-order valence-electron chi connectivity index (χ2n) is 4.92. The van der Waals surface area contributed by atoms with Crippen molar-refractivity contribution >= 4 is 16.5 Å². The van der Waals surface area contributed by atoms with Crippen molar-refractivity contribution in [1.29, 1.82) is 0 Å². The summed E-state index contributed by atoms with van der Waals surface area (Å²) in [5.41, 5.74) is 6.90. The van der Waals surface area contributed by atoms with Gasteiger partial charge >= 0.3 is 0 Å². The van der Waals surface area contributed by atoms with E-state index in [4.69, 9.17) is 5.73 Å². The van der Waals surface area contributed by atoms with Gasteiger partial charge in [-0.25, -0.2) is 4.98 Å². The van der Waals surface area contributed by atoms with Crippen LogP contribution in [0, 0.1) is 0 Å². The van der Waals surface area contributed by atoms with Crippen LogP contribution in [-0.2, 0) is 0 Å². The lowest BCUT2D eigenvalue weighted by atomic mass is 9.94. The molecule has 1 aromatic heterocycles. The molecule has 0 saturated heterocycles. The first kappa shape index (κ1) is 12.8. The predicted octanol–water partition coefficient (Wildman–Crippen LogP) is 3.32. The van der Waals surface area contributed by atoms with E-state index in [-0.39, 0.29) is 6.04 Å². The smallest absolute Gasteiger partial charge is 0.185 e. The first-order chi connectivity index (χ1) is 8.22. The fourth-order valence-electron chi connectivity index (χ4n) is 2.56. The van der Waals surface area contributed by atoms with Gasteiger partial charge in [0, 0.05) is 24.0 Å². The zero-order chi connectivity index (χ0) is 12.3. The van der Waals surface area contributed by atoms with E-state index in [1.807, 2.05) is 6.92 Å². The first-order valence-electron chi connectivity index (χ1n) is 6.70. The van der Waals surface area contributed by atoms with Crippen LogP contribution < -0.4 is 10.6 Å². The van der Waals surface area contributed by atoms with E-state index in [2.05, 4.69) is 22.2 Å². The Hall–Kier alpha value is -0.610. The highest BCUT2D eigenvalue weighted by atomic mass is 32.1. The topological polar surface area (TPSA) is 42.2 Å². The molecule has 2 N–H and O–H groups in total. The maximum absolute atomic E-state index is 5.87. The van der Waals surface area contributed by atoms with Gasteiger partial charge < -0.3 is 10.6 Å². The molecule has 1 fully saturated rings. The van der Waals surface area contributed by atoms with Gasteiger partial charge in [0.1, 0.15) is 0 Å². The highest BCUT2D eigenvalue weighted by Gasteiger charge is 2.22. The number of nitrogens with two attached hydrogens (primary N) is 1. The zero-order valence-corrected chi connectivity index (χ0v) is 11.7. The molecule has 1 saturated carbocycles. The minimum Gasteiger partial charge on any atom is -0.345 e. The molecule has 2 rings (SSSR count). The summed E-state index contributed by atoms with van der Waals surface area (Å²) in [6, 6.07) is 0.742. The maximum atomic E-state index is 5.87.